The fraction of sp³-hybridized carbons (Fsp3) is 0.250. The maximum absolute atomic E-state index is 13.2. The SMILES string of the molecule is COc1ccc(S(=O)(=O)[C@H](CN)c2ccccc2C(F)(F)F)cc1. The van der Waals surface area contributed by atoms with Gasteiger partial charge in [-0.05, 0) is 35.9 Å². The molecule has 0 aliphatic heterocycles. The van der Waals surface area contributed by atoms with Gasteiger partial charge >= 0.3 is 6.18 Å². The third-order valence-corrected chi connectivity index (χ3v) is 5.71. The molecule has 0 fully saturated rings. The number of benzene rings is 2. The topological polar surface area (TPSA) is 69.4 Å². The van der Waals surface area contributed by atoms with Crippen LogP contribution < -0.4 is 10.5 Å². The van der Waals surface area contributed by atoms with Crippen LogP contribution in [0, 0.1) is 0 Å². The van der Waals surface area contributed by atoms with Gasteiger partial charge in [0.05, 0.1) is 17.6 Å². The highest BCUT2D eigenvalue weighted by atomic mass is 32.2. The van der Waals surface area contributed by atoms with Gasteiger partial charge in [-0.15, -0.1) is 0 Å². The van der Waals surface area contributed by atoms with E-state index in [-0.39, 0.29) is 10.5 Å². The number of alkyl halides is 3. The number of hydrogen-bond acceptors (Lipinski definition) is 4. The molecule has 2 aromatic rings. The van der Waals surface area contributed by atoms with Crippen LogP contribution in [-0.2, 0) is 16.0 Å². The summed E-state index contributed by atoms with van der Waals surface area (Å²) in [6, 6.07) is 9.98. The smallest absolute Gasteiger partial charge is 0.416 e. The summed E-state index contributed by atoms with van der Waals surface area (Å²) in [7, 11) is -2.67. The van der Waals surface area contributed by atoms with E-state index in [1.807, 2.05) is 0 Å². The number of sulfone groups is 1. The van der Waals surface area contributed by atoms with Crippen LogP contribution in [0.3, 0.4) is 0 Å². The Balaban J connectivity index is 2.55. The molecule has 0 bridgehead atoms. The van der Waals surface area contributed by atoms with Crippen LogP contribution in [0.1, 0.15) is 16.4 Å². The third kappa shape index (κ3) is 3.54. The van der Waals surface area contributed by atoms with Gasteiger partial charge in [-0.25, -0.2) is 8.42 Å². The summed E-state index contributed by atoms with van der Waals surface area (Å²) in [5.74, 6) is 0.439. The zero-order chi connectivity index (χ0) is 18.0. The van der Waals surface area contributed by atoms with Crippen LogP contribution in [0.5, 0.6) is 5.75 Å². The number of ether oxygens (including phenoxy) is 1. The first-order valence-corrected chi connectivity index (χ1v) is 8.50. The van der Waals surface area contributed by atoms with Gasteiger partial charge in [-0.1, -0.05) is 18.2 Å². The average molecular weight is 359 g/mol. The van der Waals surface area contributed by atoms with Gasteiger partial charge in [0.1, 0.15) is 11.0 Å². The van der Waals surface area contributed by atoms with Gasteiger partial charge in [0.25, 0.3) is 0 Å². The fourth-order valence-corrected chi connectivity index (χ4v) is 4.02. The normalized spacial score (nSPS) is 13.5. The van der Waals surface area contributed by atoms with Crippen molar-refractivity contribution < 1.29 is 26.3 Å². The summed E-state index contributed by atoms with van der Waals surface area (Å²) < 4.78 is 70.0. The van der Waals surface area contributed by atoms with Crippen molar-refractivity contribution in [3.8, 4) is 5.75 Å². The van der Waals surface area contributed by atoms with Gasteiger partial charge in [0.15, 0.2) is 9.84 Å². The van der Waals surface area contributed by atoms with E-state index in [1.165, 1.54) is 43.5 Å². The quantitative estimate of drug-likeness (QED) is 0.890. The van der Waals surface area contributed by atoms with E-state index in [0.29, 0.717) is 5.75 Å². The summed E-state index contributed by atoms with van der Waals surface area (Å²) in [5.41, 5.74) is 4.16. The van der Waals surface area contributed by atoms with E-state index in [9.17, 15) is 21.6 Å². The highest BCUT2D eigenvalue weighted by Crippen LogP contribution is 2.38. The van der Waals surface area contributed by atoms with Crippen LogP contribution in [0.4, 0.5) is 13.2 Å². The Bertz CT molecular complexity index is 802. The lowest BCUT2D eigenvalue weighted by Gasteiger charge is -2.21. The van der Waals surface area contributed by atoms with E-state index in [0.717, 1.165) is 12.1 Å². The van der Waals surface area contributed by atoms with Gasteiger partial charge in [0.2, 0.25) is 0 Å². The Morgan fingerprint density at radius 3 is 2.17 bits per heavy atom. The summed E-state index contributed by atoms with van der Waals surface area (Å²) in [6.45, 7) is -0.471. The molecule has 2 rings (SSSR count). The number of halogens is 3. The largest absolute Gasteiger partial charge is 0.497 e. The van der Waals surface area contributed by atoms with E-state index in [1.54, 1.807) is 0 Å². The molecule has 4 nitrogen and oxygen atoms in total. The first kappa shape index (κ1) is 18.3. The third-order valence-electron chi connectivity index (χ3n) is 3.59. The van der Waals surface area contributed by atoms with Crippen LogP contribution in [0.25, 0.3) is 0 Å². The maximum Gasteiger partial charge on any atom is 0.416 e. The molecule has 0 unspecified atom stereocenters. The Morgan fingerprint density at radius 2 is 1.67 bits per heavy atom. The van der Waals surface area contributed by atoms with Gasteiger partial charge in [0, 0.05) is 6.54 Å². The van der Waals surface area contributed by atoms with E-state index in [2.05, 4.69) is 0 Å². The highest BCUT2D eigenvalue weighted by Gasteiger charge is 2.38. The maximum atomic E-state index is 13.2. The molecule has 0 radical (unpaired) electrons. The van der Waals surface area contributed by atoms with Crippen molar-refractivity contribution in [3.05, 3.63) is 59.7 Å². The first-order chi connectivity index (χ1) is 11.2. The predicted molar refractivity (Wildman–Crippen MR) is 83.4 cm³/mol. The molecule has 24 heavy (non-hydrogen) atoms. The van der Waals surface area contributed by atoms with Crippen molar-refractivity contribution >= 4 is 9.84 Å². The fourth-order valence-electron chi connectivity index (χ4n) is 2.39. The molecule has 0 aromatic heterocycles. The summed E-state index contributed by atoms with van der Waals surface area (Å²) in [4.78, 5) is -0.115. The molecular weight excluding hydrogens is 343 g/mol. The molecule has 2 N–H and O–H groups in total. The minimum atomic E-state index is -4.67. The predicted octanol–water partition coefficient (Wildman–Crippen LogP) is 3.19. The van der Waals surface area contributed by atoms with E-state index in [4.69, 9.17) is 10.5 Å². The zero-order valence-electron chi connectivity index (χ0n) is 12.7. The molecule has 0 saturated carbocycles. The lowest BCUT2D eigenvalue weighted by molar-refractivity contribution is -0.138. The Hall–Kier alpha value is -2.06. The molecule has 0 saturated heterocycles. The minimum absolute atomic E-state index is 0.115. The highest BCUT2D eigenvalue weighted by molar-refractivity contribution is 7.91. The lowest BCUT2D eigenvalue weighted by Crippen LogP contribution is -2.25. The molecule has 0 heterocycles. The second-order valence-corrected chi connectivity index (χ2v) is 7.16. The van der Waals surface area contributed by atoms with Crippen molar-refractivity contribution in [2.45, 2.75) is 16.3 Å². The number of nitrogens with two attached hydrogens (primary N) is 1. The van der Waals surface area contributed by atoms with E-state index < -0.39 is 33.4 Å². The number of rotatable bonds is 5. The summed E-state index contributed by atoms with van der Waals surface area (Å²) >= 11 is 0. The Kier molecular flexibility index (Phi) is 5.19. The Labute approximate surface area is 138 Å². The molecule has 0 amide bonds. The summed E-state index contributed by atoms with van der Waals surface area (Å²) in [5, 5.41) is -1.50. The van der Waals surface area contributed by atoms with Crippen LogP contribution >= 0.6 is 0 Å². The number of hydrogen-bond donors (Lipinski definition) is 1. The molecule has 2 aromatic carbocycles. The average Bonchev–Trinajstić information content (AvgIpc) is 2.55. The second kappa shape index (κ2) is 6.82. The van der Waals surface area contributed by atoms with E-state index >= 15 is 0 Å². The van der Waals surface area contributed by atoms with Gasteiger partial charge in [-0.3, -0.25) is 0 Å². The van der Waals surface area contributed by atoms with Crippen LogP contribution in [-0.4, -0.2) is 22.1 Å². The standard InChI is InChI=1S/C16H16F3NO3S/c1-23-11-6-8-12(9-7-11)24(21,22)15(10-20)13-4-2-3-5-14(13)16(17,18)19/h2-9,15H,10,20H2,1H3/t15-/m1/s1. The molecule has 0 aliphatic rings. The van der Waals surface area contributed by atoms with Gasteiger partial charge in [-0.2, -0.15) is 13.2 Å². The first-order valence-electron chi connectivity index (χ1n) is 6.96. The van der Waals surface area contributed by atoms with Crippen molar-refractivity contribution in [3.63, 3.8) is 0 Å². The molecule has 0 spiro atoms. The number of methoxy groups -OCH3 is 1. The molecule has 1 atom stereocenters. The second-order valence-electron chi connectivity index (χ2n) is 5.03. The van der Waals surface area contributed by atoms with Crippen LogP contribution in [0.2, 0.25) is 0 Å². The van der Waals surface area contributed by atoms with Crippen molar-refractivity contribution in [1.29, 1.82) is 0 Å². The van der Waals surface area contributed by atoms with Crippen LogP contribution in [0.15, 0.2) is 53.4 Å². The monoisotopic (exact) mass is 359 g/mol. The van der Waals surface area contributed by atoms with Gasteiger partial charge < -0.3 is 10.5 Å². The Morgan fingerprint density at radius 1 is 1.08 bits per heavy atom. The molecule has 130 valence electrons. The molecule has 8 heteroatoms. The van der Waals surface area contributed by atoms with Crippen molar-refractivity contribution in [2.24, 2.45) is 5.73 Å². The molecular formula is C16H16F3NO3S. The van der Waals surface area contributed by atoms with Crippen molar-refractivity contribution in [1.82, 2.24) is 0 Å². The minimum Gasteiger partial charge on any atom is -0.497 e. The summed E-state index contributed by atoms with van der Waals surface area (Å²) in [6.07, 6.45) is -4.67. The lowest BCUT2D eigenvalue weighted by atomic mass is 10.0. The molecule has 0 aliphatic carbocycles. The zero-order valence-corrected chi connectivity index (χ0v) is 13.6. The van der Waals surface area contributed by atoms with Crippen molar-refractivity contribution in [2.75, 3.05) is 13.7 Å².